The van der Waals surface area contributed by atoms with Crippen LogP contribution in [0, 0.1) is 11.7 Å². The Morgan fingerprint density at radius 3 is 2.71 bits per heavy atom. The quantitative estimate of drug-likeness (QED) is 0.459. The van der Waals surface area contributed by atoms with Gasteiger partial charge in [0.25, 0.3) is 5.91 Å². The van der Waals surface area contributed by atoms with Crippen molar-refractivity contribution in [1.82, 2.24) is 14.5 Å². The molecule has 3 rings (SSSR count). The summed E-state index contributed by atoms with van der Waals surface area (Å²) in [4.78, 5) is 19.6. The highest BCUT2D eigenvalue weighted by molar-refractivity contribution is 9.10. The third kappa shape index (κ3) is 4.55. The number of aromatic nitrogens is 2. The monoisotopic (exact) mass is 465 g/mol. The van der Waals surface area contributed by atoms with Crippen molar-refractivity contribution in [3.63, 3.8) is 0 Å². The van der Waals surface area contributed by atoms with Crippen LogP contribution in [0.15, 0.2) is 40.9 Å². The highest BCUT2D eigenvalue weighted by Gasteiger charge is 2.20. The molecule has 1 amide bonds. The predicted molar refractivity (Wildman–Crippen MR) is 114 cm³/mol. The third-order valence-corrected chi connectivity index (χ3v) is 5.54. The van der Waals surface area contributed by atoms with Crippen LogP contribution < -0.4 is 0 Å². The summed E-state index contributed by atoms with van der Waals surface area (Å²) in [7, 11) is 1.92. The smallest absolute Gasteiger partial charge is 0.254 e. The number of halogens is 3. The van der Waals surface area contributed by atoms with Crippen molar-refractivity contribution in [2.24, 2.45) is 13.0 Å². The van der Waals surface area contributed by atoms with E-state index in [0.717, 1.165) is 23.3 Å². The van der Waals surface area contributed by atoms with E-state index in [0.29, 0.717) is 29.6 Å². The summed E-state index contributed by atoms with van der Waals surface area (Å²) >= 11 is 9.27. The molecule has 0 radical (unpaired) electrons. The molecule has 0 fully saturated rings. The molecule has 3 aromatic rings. The number of amides is 1. The van der Waals surface area contributed by atoms with Gasteiger partial charge in [0.05, 0.1) is 22.1 Å². The lowest BCUT2D eigenvalue weighted by atomic mass is 10.1. The van der Waals surface area contributed by atoms with Gasteiger partial charge < -0.3 is 9.47 Å². The maximum absolute atomic E-state index is 13.6. The molecule has 0 aliphatic rings. The second-order valence-electron chi connectivity index (χ2n) is 7.26. The molecule has 0 unspecified atom stereocenters. The number of aryl methyl sites for hydroxylation is 1. The minimum Gasteiger partial charge on any atom is -0.331 e. The summed E-state index contributed by atoms with van der Waals surface area (Å²) in [6, 6.07) is 9.88. The molecule has 1 aromatic heterocycles. The van der Waals surface area contributed by atoms with Gasteiger partial charge in [0.2, 0.25) is 0 Å². The van der Waals surface area contributed by atoms with Gasteiger partial charge in [-0.15, -0.1) is 0 Å². The normalized spacial score (nSPS) is 11.4. The van der Waals surface area contributed by atoms with E-state index in [1.165, 1.54) is 18.2 Å². The van der Waals surface area contributed by atoms with Gasteiger partial charge in [-0.3, -0.25) is 4.79 Å². The predicted octanol–water partition coefficient (Wildman–Crippen LogP) is 5.82. The van der Waals surface area contributed by atoms with Gasteiger partial charge in [-0.2, -0.15) is 0 Å². The molecule has 7 heteroatoms. The molecule has 2 aromatic carbocycles. The van der Waals surface area contributed by atoms with Crippen molar-refractivity contribution in [3.05, 3.63) is 63.1 Å². The molecule has 0 N–H and O–H groups in total. The molecule has 0 aliphatic carbocycles. The number of hydrogen-bond acceptors (Lipinski definition) is 2. The van der Waals surface area contributed by atoms with Crippen LogP contribution in [-0.4, -0.2) is 26.9 Å². The van der Waals surface area contributed by atoms with E-state index in [2.05, 4.69) is 34.8 Å². The van der Waals surface area contributed by atoms with Gasteiger partial charge in [0, 0.05) is 24.2 Å². The SMILES string of the molecule is CC(C)CCN(Cc1nc2ccc(Cl)cc2n1C)C(=O)c1ccc(F)c(Br)c1. The van der Waals surface area contributed by atoms with Gasteiger partial charge in [0.15, 0.2) is 0 Å². The van der Waals surface area contributed by atoms with E-state index in [1.807, 2.05) is 23.7 Å². The summed E-state index contributed by atoms with van der Waals surface area (Å²) in [5, 5.41) is 0.644. The summed E-state index contributed by atoms with van der Waals surface area (Å²) in [5.74, 6) is 0.689. The molecule has 0 saturated carbocycles. The van der Waals surface area contributed by atoms with Crippen molar-refractivity contribution < 1.29 is 9.18 Å². The highest BCUT2D eigenvalue weighted by Crippen LogP contribution is 2.22. The van der Waals surface area contributed by atoms with E-state index in [1.54, 1.807) is 11.0 Å². The van der Waals surface area contributed by atoms with Crippen molar-refractivity contribution in [2.45, 2.75) is 26.8 Å². The minimum absolute atomic E-state index is 0.147. The lowest BCUT2D eigenvalue weighted by Gasteiger charge is -2.23. The van der Waals surface area contributed by atoms with E-state index in [9.17, 15) is 9.18 Å². The molecular formula is C21H22BrClFN3O. The molecule has 0 atom stereocenters. The number of benzene rings is 2. The van der Waals surface area contributed by atoms with E-state index >= 15 is 0 Å². The van der Waals surface area contributed by atoms with E-state index in [4.69, 9.17) is 11.6 Å². The first-order chi connectivity index (χ1) is 13.3. The van der Waals surface area contributed by atoms with Gasteiger partial charge in [-0.05, 0) is 64.7 Å². The molecule has 0 aliphatic heterocycles. The molecule has 28 heavy (non-hydrogen) atoms. The number of fused-ring (bicyclic) bond motifs is 1. The van der Waals surface area contributed by atoms with Crippen LogP contribution >= 0.6 is 27.5 Å². The number of rotatable bonds is 6. The van der Waals surface area contributed by atoms with Gasteiger partial charge in [0.1, 0.15) is 11.6 Å². The second-order valence-corrected chi connectivity index (χ2v) is 8.55. The number of nitrogens with zero attached hydrogens (tertiary/aromatic N) is 3. The van der Waals surface area contributed by atoms with Crippen LogP contribution in [-0.2, 0) is 13.6 Å². The maximum Gasteiger partial charge on any atom is 0.254 e. The average Bonchev–Trinajstić information content (AvgIpc) is 2.95. The second kappa shape index (κ2) is 8.62. The molecular weight excluding hydrogens is 445 g/mol. The van der Waals surface area contributed by atoms with Crippen molar-refractivity contribution in [3.8, 4) is 0 Å². The molecule has 0 bridgehead atoms. The molecule has 1 heterocycles. The van der Waals surface area contributed by atoms with Crippen LogP contribution in [0.2, 0.25) is 5.02 Å². The number of hydrogen-bond donors (Lipinski definition) is 0. The fourth-order valence-corrected chi connectivity index (χ4v) is 3.55. The Morgan fingerprint density at radius 2 is 2.04 bits per heavy atom. The van der Waals surface area contributed by atoms with Gasteiger partial charge >= 0.3 is 0 Å². The number of carbonyl (C=O) groups excluding carboxylic acids is 1. The Balaban J connectivity index is 1.92. The van der Waals surface area contributed by atoms with Crippen LogP contribution in [0.1, 0.15) is 36.5 Å². The fraction of sp³-hybridized carbons (Fsp3) is 0.333. The number of carbonyl (C=O) groups is 1. The van der Waals surface area contributed by atoms with Crippen molar-refractivity contribution >= 4 is 44.5 Å². The lowest BCUT2D eigenvalue weighted by molar-refractivity contribution is 0.0730. The van der Waals surface area contributed by atoms with Gasteiger partial charge in [-0.25, -0.2) is 9.37 Å². The van der Waals surface area contributed by atoms with E-state index in [-0.39, 0.29) is 10.4 Å². The van der Waals surface area contributed by atoms with Crippen LogP contribution in [0.5, 0.6) is 0 Å². The Morgan fingerprint density at radius 1 is 1.29 bits per heavy atom. The van der Waals surface area contributed by atoms with Crippen LogP contribution in [0.3, 0.4) is 0 Å². The topological polar surface area (TPSA) is 38.1 Å². The standard InChI is InChI=1S/C21H22BrClFN3O/c1-13(2)8-9-27(21(28)14-4-6-17(24)16(22)10-14)12-20-25-18-7-5-15(23)11-19(18)26(20)3/h4-7,10-11,13H,8-9,12H2,1-3H3. The maximum atomic E-state index is 13.6. The summed E-state index contributed by atoms with van der Waals surface area (Å²) in [5.41, 5.74) is 2.20. The minimum atomic E-state index is -0.391. The average molecular weight is 467 g/mol. The van der Waals surface area contributed by atoms with Gasteiger partial charge in [-0.1, -0.05) is 25.4 Å². The highest BCUT2D eigenvalue weighted by atomic mass is 79.9. The zero-order chi connectivity index (χ0) is 20.4. The zero-order valence-electron chi connectivity index (χ0n) is 16.0. The first-order valence-corrected chi connectivity index (χ1v) is 10.3. The Bertz CT molecular complexity index is 1020. The Hall–Kier alpha value is -1.92. The summed E-state index contributed by atoms with van der Waals surface area (Å²) in [6.07, 6.45) is 0.865. The Kier molecular flexibility index (Phi) is 6.40. The van der Waals surface area contributed by atoms with Crippen molar-refractivity contribution in [1.29, 1.82) is 0 Å². The first-order valence-electron chi connectivity index (χ1n) is 9.11. The third-order valence-electron chi connectivity index (χ3n) is 4.70. The molecule has 4 nitrogen and oxygen atoms in total. The van der Waals surface area contributed by atoms with E-state index < -0.39 is 5.82 Å². The fourth-order valence-electron chi connectivity index (χ4n) is 3.00. The molecule has 0 saturated heterocycles. The summed E-state index contributed by atoms with van der Waals surface area (Å²) < 4.78 is 15.8. The Labute approximate surface area is 177 Å². The molecule has 0 spiro atoms. The molecule has 148 valence electrons. The first kappa shape index (κ1) is 20.8. The van der Waals surface area contributed by atoms with Crippen molar-refractivity contribution in [2.75, 3.05) is 6.54 Å². The van der Waals surface area contributed by atoms with Crippen LogP contribution in [0.25, 0.3) is 11.0 Å². The van der Waals surface area contributed by atoms with Crippen LogP contribution in [0.4, 0.5) is 4.39 Å². The lowest BCUT2D eigenvalue weighted by Crippen LogP contribution is -2.33. The largest absolute Gasteiger partial charge is 0.331 e. The number of imidazole rings is 1. The zero-order valence-corrected chi connectivity index (χ0v) is 18.4. The summed E-state index contributed by atoms with van der Waals surface area (Å²) in [6.45, 7) is 5.20.